The number of nitro groups is 1. The van der Waals surface area contributed by atoms with Crippen molar-refractivity contribution in [2.24, 2.45) is 77.3 Å². The van der Waals surface area contributed by atoms with Crippen LogP contribution in [0.25, 0.3) is 11.0 Å². The highest BCUT2D eigenvalue weighted by Crippen LogP contribution is 2.29. The molecule has 0 saturated heterocycles. The molecule has 0 aliphatic carbocycles. The molecule has 1 aromatic heterocycles. The number of primary amides is 1. The van der Waals surface area contributed by atoms with Crippen LogP contribution in [-0.2, 0) is 43.2 Å². The average Bonchev–Trinajstić information content (AvgIpc) is 3.30. The van der Waals surface area contributed by atoms with E-state index in [9.17, 15) is 58.4 Å². The van der Waals surface area contributed by atoms with Gasteiger partial charge in [0.1, 0.15) is 12.1 Å². The lowest BCUT2D eigenvalue weighted by Crippen LogP contribution is -2.60. The summed E-state index contributed by atoms with van der Waals surface area (Å²) in [4.78, 5) is 145. The zero-order chi connectivity index (χ0) is 66.2. The zero-order valence-electron chi connectivity index (χ0n) is 48.7. The van der Waals surface area contributed by atoms with Crippen molar-refractivity contribution in [3.8, 4) is 0 Å². The molecular formula is C50H80N26O13. The van der Waals surface area contributed by atoms with Crippen molar-refractivity contribution in [2.75, 3.05) is 11.9 Å². The molecule has 89 heavy (non-hydrogen) atoms. The number of hydrogen-bond donors (Lipinski definition) is 20. The van der Waals surface area contributed by atoms with Gasteiger partial charge in [0, 0.05) is 19.0 Å². The predicted octanol–water partition coefficient (Wildman–Crippen LogP) is -6.06. The molecule has 9 amide bonds. The van der Waals surface area contributed by atoms with Gasteiger partial charge in [-0.2, -0.15) is 0 Å². The average molecular weight is 1250 g/mol. The number of aliphatic hydroxyl groups is 1. The van der Waals surface area contributed by atoms with E-state index in [1.54, 1.807) is 0 Å². The van der Waals surface area contributed by atoms with Crippen molar-refractivity contribution in [2.45, 2.75) is 152 Å². The molecule has 0 fully saturated rings. The Kier molecular flexibility index (Phi) is 30.7. The standard InChI is InChI=1S/C50H80N26O13/c1-2-3-4-5-6-7-8-9-10-11-15-21-29(77)61-24-17-16-20-27(62-26-22-23-28(76(87)88)32-31(26)74-89-75-32)39(79)73-46(86)45(85)63-30(25-18-13-12-14-19-25)40(80)65-36(70-48(55)56)42(82)67-38(72-50(59)60)44(84)68-37(71-49(57)58)43(83)66-35(69-47(53)54)41(81)64-33(51)34(52)78/h12-14,18-19,22-23,27,30,33,35-38,46,62,86H,2-11,15-17,20-21,24,51H2,1H3,(H2,52,78)(H,61,77)(H,63,85)(H,64,81)(H,65,80)(H,66,83)(H,67,82)(H,68,84)(H,73,79)(H4,53,54,69)(H4,55,56,70)(H4,57,58,71)(H4,59,60,72). The first-order valence-corrected chi connectivity index (χ1v) is 27.9. The fourth-order valence-corrected chi connectivity index (χ4v) is 8.17. The van der Waals surface area contributed by atoms with E-state index in [0.717, 1.165) is 31.7 Å². The highest BCUT2D eigenvalue weighted by Gasteiger charge is 2.35. The van der Waals surface area contributed by atoms with Gasteiger partial charge < -0.3 is 110 Å². The molecule has 8 atom stereocenters. The third-order valence-corrected chi connectivity index (χ3v) is 12.5. The molecule has 1 heterocycles. The Bertz CT molecular complexity index is 3020. The Labute approximate surface area is 508 Å². The van der Waals surface area contributed by atoms with Crippen LogP contribution in [0.3, 0.4) is 0 Å². The molecule has 2 aromatic carbocycles. The van der Waals surface area contributed by atoms with Crippen LogP contribution in [0.5, 0.6) is 0 Å². The molecule has 3 rings (SSSR count). The fourth-order valence-electron chi connectivity index (χ4n) is 8.17. The van der Waals surface area contributed by atoms with Crippen LogP contribution in [0.1, 0.15) is 115 Å². The second kappa shape index (κ2) is 37.6. The van der Waals surface area contributed by atoms with Crippen LogP contribution in [0, 0.1) is 10.1 Å². The van der Waals surface area contributed by atoms with Gasteiger partial charge in [-0.1, -0.05) is 101 Å². The molecule has 0 aliphatic rings. The van der Waals surface area contributed by atoms with Crippen LogP contribution in [0.15, 0.2) is 67.1 Å². The summed E-state index contributed by atoms with van der Waals surface area (Å²) in [6.07, 6.45) is 0.416. The van der Waals surface area contributed by atoms with Crippen molar-refractivity contribution in [3.05, 3.63) is 58.1 Å². The molecule has 488 valence electrons. The summed E-state index contributed by atoms with van der Waals surface area (Å²) in [5, 5.41) is 50.6. The Morgan fingerprint density at radius 1 is 0.551 bits per heavy atom. The summed E-state index contributed by atoms with van der Waals surface area (Å²) in [5.74, 6) is -14.1. The molecule has 0 bridgehead atoms. The Hall–Kier alpha value is -10.7. The molecule has 8 unspecified atom stereocenters. The number of benzene rings is 2. The molecule has 0 radical (unpaired) electrons. The number of nitro benzene ring substituents is 1. The number of fused-ring (bicyclic) bond motifs is 1. The number of carbonyl (C=O) groups is 9. The van der Waals surface area contributed by atoms with Gasteiger partial charge in [0.05, 0.1) is 10.6 Å². The van der Waals surface area contributed by atoms with Crippen molar-refractivity contribution in [1.29, 1.82) is 0 Å². The van der Waals surface area contributed by atoms with Gasteiger partial charge in [-0.3, -0.25) is 53.3 Å². The summed E-state index contributed by atoms with van der Waals surface area (Å²) in [6.45, 7) is 2.44. The lowest BCUT2D eigenvalue weighted by Gasteiger charge is -2.25. The first kappa shape index (κ1) is 72.5. The van der Waals surface area contributed by atoms with E-state index in [-0.39, 0.29) is 47.6 Å². The number of guanidine groups is 4. The number of aliphatic imine (C=N–C) groups is 4. The molecule has 0 spiro atoms. The second-order valence-electron chi connectivity index (χ2n) is 19.7. The predicted molar refractivity (Wildman–Crippen MR) is 322 cm³/mol. The number of hydrogen-bond acceptors (Lipinski definition) is 21. The summed E-state index contributed by atoms with van der Waals surface area (Å²) in [5.41, 5.74) is 53.7. The molecular weight excluding hydrogens is 1170 g/mol. The van der Waals surface area contributed by atoms with Crippen molar-refractivity contribution < 1.29 is 57.8 Å². The Morgan fingerprint density at radius 3 is 1.48 bits per heavy atom. The summed E-state index contributed by atoms with van der Waals surface area (Å²) in [6, 6.07) is 6.31. The molecule has 39 heteroatoms. The lowest BCUT2D eigenvalue weighted by molar-refractivity contribution is -0.383. The number of nitrogens with one attached hydrogen (secondary N) is 9. The van der Waals surface area contributed by atoms with Gasteiger partial charge in [0.15, 0.2) is 35.5 Å². The molecule has 0 aliphatic heterocycles. The number of anilines is 1. The third kappa shape index (κ3) is 26.2. The number of nitrogens with zero attached hydrogens (tertiary/aromatic N) is 7. The minimum absolute atomic E-state index is 0.00617. The minimum atomic E-state index is -2.42. The number of amides is 9. The molecule has 30 N–H and O–H groups in total. The fraction of sp³-hybridized carbons (Fsp3) is 0.500. The summed E-state index contributed by atoms with van der Waals surface area (Å²) >= 11 is 0. The number of carbonyl (C=O) groups excluding carboxylic acids is 9. The van der Waals surface area contributed by atoms with Crippen molar-refractivity contribution in [3.63, 3.8) is 0 Å². The number of nitrogens with two attached hydrogens (primary N) is 10. The van der Waals surface area contributed by atoms with E-state index in [4.69, 9.17) is 62.0 Å². The van der Waals surface area contributed by atoms with Gasteiger partial charge in [-0.05, 0) is 47.6 Å². The monoisotopic (exact) mass is 1250 g/mol. The van der Waals surface area contributed by atoms with Gasteiger partial charge in [0.25, 0.3) is 35.4 Å². The van der Waals surface area contributed by atoms with Crippen LogP contribution >= 0.6 is 0 Å². The smallest absolute Gasteiger partial charge is 0.300 e. The first-order valence-electron chi connectivity index (χ1n) is 27.9. The molecule has 39 nitrogen and oxygen atoms in total. The lowest BCUT2D eigenvalue weighted by atomic mass is 10.1. The minimum Gasteiger partial charge on any atom is -0.372 e. The number of aliphatic hydroxyl groups excluding tert-OH is 1. The van der Waals surface area contributed by atoms with E-state index >= 15 is 0 Å². The van der Waals surface area contributed by atoms with Gasteiger partial charge in [0.2, 0.25) is 54.1 Å². The van der Waals surface area contributed by atoms with Crippen LogP contribution < -0.4 is 105 Å². The van der Waals surface area contributed by atoms with E-state index in [2.05, 4.69) is 63.8 Å². The number of unbranched alkanes of at least 4 members (excludes halogenated alkanes) is 11. The largest absolute Gasteiger partial charge is 0.372 e. The number of rotatable bonds is 40. The Morgan fingerprint density at radius 2 is 1.01 bits per heavy atom. The zero-order valence-corrected chi connectivity index (χ0v) is 48.7. The van der Waals surface area contributed by atoms with E-state index in [1.807, 2.05) is 21.3 Å². The first-order chi connectivity index (χ1) is 42.2. The van der Waals surface area contributed by atoms with Crippen LogP contribution in [-0.4, -0.2) is 147 Å². The summed E-state index contributed by atoms with van der Waals surface area (Å²) in [7, 11) is 0. The van der Waals surface area contributed by atoms with Gasteiger partial charge >= 0.3 is 5.69 Å². The number of non-ortho nitro benzene ring substituents is 1. The maximum atomic E-state index is 14.2. The van der Waals surface area contributed by atoms with Crippen LogP contribution in [0.2, 0.25) is 0 Å². The van der Waals surface area contributed by atoms with Crippen molar-refractivity contribution >= 4 is 99.4 Å². The summed E-state index contributed by atoms with van der Waals surface area (Å²) < 4.78 is 4.76. The highest BCUT2D eigenvalue weighted by atomic mass is 16.6. The van der Waals surface area contributed by atoms with Crippen LogP contribution in [0.4, 0.5) is 11.4 Å². The van der Waals surface area contributed by atoms with E-state index in [0.29, 0.717) is 12.8 Å². The normalized spacial score (nSPS) is 13.5. The quantitative estimate of drug-likeness (QED) is 0.00629. The van der Waals surface area contributed by atoms with Crippen molar-refractivity contribution in [1.82, 2.24) is 52.8 Å². The van der Waals surface area contributed by atoms with E-state index < -0.39 is 131 Å². The van der Waals surface area contributed by atoms with Gasteiger partial charge in [-0.25, -0.2) is 24.6 Å². The Balaban J connectivity index is 1.80. The van der Waals surface area contributed by atoms with Gasteiger partial charge in [-0.15, -0.1) is 0 Å². The second-order valence-corrected chi connectivity index (χ2v) is 19.7. The maximum Gasteiger partial charge on any atom is 0.300 e. The highest BCUT2D eigenvalue weighted by molar-refractivity contribution is 6.00. The maximum absolute atomic E-state index is 14.2. The SMILES string of the molecule is CCCCCCCCCCCCCC(=O)NCCCCC(Nc1ccc([N+](=O)[O-])c2nonc12)C(=O)NC(O)C(=O)NC(C(=O)NC(N=C(N)N)C(=O)NC(N=C(N)N)C(=O)NC(N=C(N)N)C(=O)NC(N=C(N)N)C(=O)NC(N)C(N)=O)c1ccccc1. The van der Waals surface area contributed by atoms with E-state index in [1.165, 1.54) is 81.3 Å². The molecule has 0 saturated carbocycles. The number of aromatic nitrogens is 2. The third-order valence-electron chi connectivity index (χ3n) is 12.5. The topological polar surface area (TPSA) is 674 Å². The molecule has 3 aromatic rings.